The number of ketones is 1. The molecule has 0 bridgehead atoms. The maximum Gasteiger partial charge on any atom is 0.253 e. The average Bonchev–Trinajstić information content (AvgIpc) is 3.16. The summed E-state index contributed by atoms with van der Waals surface area (Å²) in [5, 5.41) is 5.12. The Balaban J connectivity index is 1.70. The number of ether oxygens (including phenoxy) is 3. The number of rotatable bonds is 7. The fourth-order valence-electron chi connectivity index (χ4n) is 3.69. The van der Waals surface area contributed by atoms with E-state index in [2.05, 4.69) is 22.0 Å². The predicted octanol–water partition coefficient (Wildman–Crippen LogP) is 3.56. The van der Waals surface area contributed by atoms with Gasteiger partial charge in [-0.1, -0.05) is 18.7 Å². The highest BCUT2D eigenvalue weighted by Crippen LogP contribution is 2.42. The summed E-state index contributed by atoms with van der Waals surface area (Å²) in [6.45, 7) is 2.11. The zero-order valence-corrected chi connectivity index (χ0v) is 18.3. The van der Waals surface area contributed by atoms with Crippen molar-refractivity contribution in [2.24, 2.45) is 0 Å². The molecule has 0 amide bonds. The number of hydrogen-bond donors (Lipinski definition) is 0. The predicted molar refractivity (Wildman–Crippen MR) is 113 cm³/mol. The molecule has 1 aromatic carbocycles. The van der Waals surface area contributed by atoms with Gasteiger partial charge in [-0.25, -0.2) is 9.50 Å². The van der Waals surface area contributed by atoms with E-state index in [4.69, 9.17) is 14.2 Å². The molecule has 8 nitrogen and oxygen atoms in total. The largest absolute Gasteiger partial charge is 0.493 e. The van der Waals surface area contributed by atoms with Gasteiger partial charge in [0.15, 0.2) is 17.3 Å². The van der Waals surface area contributed by atoms with Crippen LogP contribution in [0.25, 0.3) is 5.78 Å². The number of aromatic nitrogens is 4. The molecule has 1 aliphatic carbocycles. The molecule has 158 valence electrons. The molecule has 9 heteroatoms. The van der Waals surface area contributed by atoms with Crippen molar-refractivity contribution in [1.29, 1.82) is 0 Å². The lowest BCUT2D eigenvalue weighted by Gasteiger charge is -2.24. The van der Waals surface area contributed by atoms with Crippen molar-refractivity contribution in [1.82, 2.24) is 19.6 Å². The van der Waals surface area contributed by atoms with Gasteiger partial charge in [-0.2, -0.15) is 4.98 Å². The van der Waals surface area contributed by atoms with Crippen LogP contribution in [0.1, 0.15) is 47.3 Å². The maximum absolute atomic E-state index is 12.9. The quantitative estimate of drug-likeness (QED) is 0.528. The zero-order chi connectivity index (χ0) is 21.3. The van der Waals surface area contributed by atoms with E-state index in [1.165, 1.54) is 0 Å². The Morgan fingerprint density at radius 1 is 1.10 bits per heavy atom. The van der Waals surface area contributed by atoms with E-state index in [0.29, 0.717) is 46.6 Å². The molecule has 2 aromatic heterocycles. The molecule has 0 N–H and O–H groups in total. The molecular formula is C21H24N4O4S. The molecule has 30 heavy (non-hydrogen) atoms. The molecule has 0 saturated heterocycles. The number of carbonyl (C=O) groups is 1. The summed E-state index contributed by atoms with van der Waals surface area (Å²) < 4.78 is 18.0. The molecule has 2 heterocycles. The minimum absolute atomic E-state index is 0.0366. The van der Waals surface area contributed by atoms with E-state index in [1.807, 2.05) is 12.1 Å². The topological polar surface area (TPSA) is 87.8 Å². The zero-order valence-electron chi connectivity index (χ0n) is 17.5. The minimum Gasteiger partial charge on any atom is -0.493 e. The number of hydrogen-bond acceptors (Lipinski definition) is 8. The first-order valence-corrected chi connectivity index (χ1v) is 10.8. The van der Waals surface area contributed by atoms with E-state index in [1.54, 1.807) is 43.8 Å². The van der Waals surface area contributed by atoms with Crippen molar-refractivity contribution >= 4 is 23.3 Å². The van der Waals surface area contributed by atoms with Crippen molar-refractivity contribution in [3.8, 4) is 17.2 Å². The third-order valence-corrected chi connectivity index (χ3v) is 6.20. The standard InChI is InChI=1S/C21H24N4O4S/c1-5-6-30-21-23-20-22-15-7-12(8-16(26)14(15)11-25(20)24-21)13-9-17(27-2)19(29-4)18(10-13)28-3/h9-12H,5-8H2,1-4H3/t12-/m0/s1. The van der Waals surface area contributed by atoms with Gasteiger partial charge in [0.1, 0.15) is 0 Å². The molecule has 3 aromatic rings. The summed E-state index contributed by atoms with van der Waals surface area (Å²) >= 11 is 1.59. The Bertz CT molecular complexity index is 1070. The average molecular weight is 429 g/mol. The van der Waals surface area contributed by atoms with Crippen molar-refractivity contribution in [3.05, 3.63) is 35.2 Å². The van der Waals surface area contributed by atoms with Crippen molar-refractivity contribution in [3.63, 3.8) is 0 Å². The van der Waals surface area contributed by atoms with Crippen LogP contribution in [-0.2, 0) is 6.42 Å². The Hall–Kier alpha value is -2.81. The van der Waals surface area contributed by atoms with E-state index < -0.39 is 0 Å². The second kappa shape index (κ2) is 8.51. The third kappa shape index (κ3) is 3.69. The van der Waals surface area contributed by atoms with Crippen LogP contribution in [0.3, 0.4) is 0 Å². The molecule has 0 radical (unpaired) electrons. The normalized spacial score (nSPS) is 15.9. The Morgan fingerprint density at radius 3 is 2.47 bits per heavy atom. The van der Waals surface area contributed by atoms with E-state index in [9.17, 15) is 4.79 Å². The number of thioether (sulfide) groups is 1. The maximum atomic E-state index is 12.9. The number of nitrogens with zero attached hydrogens (tertiary/aromatic N) is 4. The summed E-state index contributed by atoms with van der Waals surface area (Å²) in [6, 6.07) is 3.80. The number of carbonyl (C=O) groups excluding carboxylic acids is 1. The summed E-state index contributed by atoms with van der Waals surface area (Å²) in [4.78, 5) is 22.1. The van der Waals surface area contributed by atoms with Crippen molar-refractivity contribution in [2.45, 2.75) is 37.3 Å². The van der Waals surface area contributed by atoms with Gasteiger partial charge < -0.3 is 14.2 Å². The lowest BCUT2D eigenvalue weighted by atomic mass is 9.82. The number of Topliss-reactive ketones (excluding diaryl/α,β-unsaturated/α-hetero) is 1. The van der Waals surface area contributed by atoms with Crippen LogP contribution in [0, 0.1) is 0 Å². The van der Waals surface area contributed by atoms with E-state index >= 15 is 0 Å². The molecule has 1 aliphatic rings. The Kier molecular flexibility index (Phi) is 5.80. The SMILES string of the molecule is CCCSc1nc2nc3c(cn2n1)C(=O)C[C@@H](c1cc(OC)c(OC)c(OC)c1)C3. The molecule has 0 aliphatic heterocycles. The second-order valence-electron chi connectivity index (χ2n) is 7.08. The van der Waals surface area contributed by atoms with Crippen LogP contribution in [0.2, 0.25) is 0 Å². The summed E-state index contributed by atoms with van der Waals surface area (Å²) in [6.07, 6.45) is 3.80. The van der Waals surface area contributed by atoms with Crippen LogP contribution >= 0.6 is 11.8 Å². The first-order chi connectivity index (χ1) is 14.6. The number of fused-ring (bicyclic) bond motifs is 2. The van der Waals surface area contributed by atoms with E-state index in [-0.39, 0.29) is 11.7 Å². The summed E-state index contributed by atoms with van der Waals surface area (Å²) in [7, 11) is 4.74. The third-order valence-electron chi connectivity index (χ3n) is 5.16. The van der Waals surface area contributed by atoms with Gasteiger partial charge in [-0.3, -0.25) is 4.79 Å². The van der Waals surface area contributed by atoms with Crippen LogP contribution < -0.4 is 14.2 Å². The van der Waals surface area contributed by atoms with Gasteiger partial charge in [0.2, 0.25) is 10.9 Å². The monoisotopic (exact) mass is 428 g/mol. The second-order valence-corrected chi connectivity index (χ2v) is 8.14. The number of benzene rings is 1. The fraction of sp³-hybridized carbons (Fsp3) is 0.429. The van der Waals surface area contributed by atoms with Gasteiger partial charge in [-0.05, 0) is 36.5 Å². The highest BCUT2D eigenvalue weighted by atomic mass is 32.2. The lowest BCUT2D eigenvalue weighted by Crippen LogP contribution is -2.21. The minimum atomic E-state index is -0.0366. The molecule has 0 unspecified atom stereocenters. The van der Waals surface area contributed by atoms with Crippen LogP contribution in [0.5, 0.6) is 17.2 Å². The molecule has 0 saturated carbocycles. The van der Waals surface area contributed by atoms with Crippen molar-refractivity contribution < 1.29 is 19.0 Å². The molecule has 0 spiro atoms. The van der Waals surface area contributed by atoms with Gasteiger partial charge in [0.05, 0.1) is 32.6 Å². The molecule has 4 rings (SSSR count). The summed E-state index contributed by atoms with van der Waals surface area (Å²) in [5.74, 6) is 3.15. The lowest BCUT2D eigenvalue weighted by molar-refractivity contribution is 0.0962. The van der Waals surface area contributed by atoms with Crippen LogP contribution in [0.4, 0.5) is 0 Å². The molecule has 1 atom stereocenters. The first kappa shape index (κ1) is 20.5. The van der Waals surface area contributed by atoms with E-state index in [0.717, 1.165) is 23.4 Å². The number of methoxy groups -OCH3 is 3. The highest BCUT2D eigenvalue weighted by molar-refractivity contribution is 7.99. The van der Waals surface area contributed by atoms with Crippen molar-refractivity contribution in [2.75, 3.05) is 27.1 Å². The van der Waals surface area contributed by atoms with Crippen LogP contribution in [0.15, 0.2) is 23.5 Å². The van der Waals surface area contributed by atoms with Gasteiger partial charge in [0.25, 0.3) is 5.78 Å². The van der Waals surface area contributed by atoms with Gasteiger partial charge in [-0.15, -0.1) is 5.10 Å². The van der Waals surface area contributed by atoms with Crippen LogP contribution in [-0.4, -0.2) is 52.4 Å². The Labute approximate surface area is 179 Å². The first-order valence-electron chi connectivity index (χ1n) is 9.80. The van der Waals surface area contributed by atoms with Gasteiger partial charge >= 0.3 is 0 Å². The Morgan fingerprint density at radius 2 is 1.83 bits per heavy atom. The molecule has 0 fully saturated rings. The molecular weight excluding hydrogens is 404 g/mol. The fourth-order valence-corrected chi connectivity index (χ4v) is 4.37. The van der Waals surface area contributed by atoms with Gasteiger partial charge in [0, 0.05) is 18.4 Å². The highest BCUT2D eigenvalue weighted by Gasteiger charge is 2.30. The summed E-state index contributed by atoms with van der Waals surface area (Å²) in [5.41, 5.74) is 2.31. The smallest absolute Gasteiger partial charge is 0.253 e.